The van der Waals surface area contributed by atoms with Crippen LogP contribution < -0.4 is 4.74 Å². The summed E-state index contributed by atoms with van der Waals surface area (Å²) in [6.45, 7) is 5.59. The number of aryl methyl sites for hydroxylation is 1. The minimum atomic E-state index is -1.39. The monoisotopic (exact) mass is 455 g/mol. The molecule has 0 atom stereocenters. The maximum Gasteiger partial charge on any atom is 0.198 e. The van der Waals surface area contributed by atoms with Crippen molar-refractivity contribution >= 4 is 11.6 Å². The number of aromatic nitrogens is 1. The third kappa shape index (κ3) is 3.63. The fourth-order valence-electron chi connectivity index (χ4n) is 5.16. The van der Waals surface area contributed by atoms with E-state index in [9.17, 15) is 9.59 Å². The number of rotatable bonds is 6. The molecule has 0 radical (unpaired) electrons. The van der Waals surface area contributed by atoms with E-state index in [1.807, 2.05) is 49.4 Å². The van der Waals surface area contributed by atoms with Gasteiger partial charge in [0.25, 0.3) is 0 Å². The molecule has 0 bridgehead atoms. The van der Waals surface area contributed by atoms with Crippen LogP contribution in [-0.4, -0.2) is 59.6 Å². The zero-order valence-electron chi connectivity index (χ0n) is 19.7. The number of piperazine rings is 1. The van der Waals surface area contributed by atoms with Gasteiger partial charge in [0.05, 0.1) is 12.8 Å². The summed E-state index contributed by atoms with van der Waals surface area (Å²) in [5.74, 6) is 0.532. The maximum atomic E-state index is 13.9. The highest BCUT2D eigenvalue weighted by atomic mass is 16.5. The number of carbonyl (C=O) groups is 2. The molecular formula is C28H29N3O3. The van der Waals surface area contributed by atoms with Gasteiger partial charge in [0.1, 0.15) is 5.75 Å². The minimum Gasteiger partial charge on any atom is -0.497 e. The van der Waals surface area contributed by atoms with Gasteiger partial charge in [0, 0.05) is 49.5 Å². The normalized spacial score (nSPS) is 18.2. The summed E-state index contributed by atoms with van der Waals surface area (Å²) in [7, 11) is 1.67. The maximum absolute atomic E-state index is 13.9. The van der Waals surface area contributed by atoms with E-state index in [1.54, 1.807) is 19.2 Å². The molecule has 1 aliphatic carbocycles. The molecular weight excluding hydrogens is 426 g/mol. The third-order valence-corrected chi connectivity index (χ3v) is 7.03. The van der Waals surface area contributed by atoms with Gasteiger partial charge in [-0.15, -0.1) is 0 Å². The first-order valence-electron chi connectivity index (χ1n) is 11.8. The van der Waals surface area contributed by atoms with Gasteiger partial charge in [-0.05, 0) is 36.2 Å². The highest BCUT2D eigenvalue weighted by Crippen LogP contribution is 2.42. The lowest BCUT2D eigenvalue weighted by molar-refractivity contribution is 0.0266. The average molecular weight is 456 g/mol. The predicted molar refractivity (Wildman–Crippen MR) is 130 cm³/mol. The lowest BCUT2D eigenvalue weighted by Crippen LogP contribution is -2.60. The van der Waals surface area contributed by atoms with Gasteiger partial charge in [0.2, 0.25) is 0 Å². The van der Waals surface area contributed by atoms with E-state index in [0.717, 1.165) is 37.5 Å². The van der Waals surface area contributed by atoms with Crippen LogP contribution in [0, 0.1) is 0 Å². The lowest BCUT2D eigenvalue weighted by atomic mass is 9.85. The molecule has 0 N–H and O–H groups in total. The number of hydrogen-bond acceptors (Lipinski definition) is 6. The number of ether oxygens (including phenoxy) is 1. The lowest BCUT2D eigenvalue weighted by Gasteiger charge is -2.43. The molecule has 0 unspecified atom stereocenters. The molecule has 2 aromatic carbocycles. The number of pyridine rings is 1. The Morgan fingerprint density at radius 2 is 1.50 bits per heavy atom. The predicted octanol–water partition coefficient (Wildman–Crippen LogP) is 3.74. The largest absolute Gasteiger partial charge is 0.497 e. The summed E-state index contributed by atoms with van der Waals surface area (Å²) in [5.41, 5.74) is 2.24. The smallest absolute Gasteiger partial charge is 0.198 e. The molecule has 0 spiro atoms. The zero-order valence-corrected chi connectivity index (χ0v) is 19.7. The van der Waals surface area contributed by atoms with Crippen molar-refractivity contribution in [3.8, 4) is 5.75 Å². The number of benzene rings is 2. The van der Waals surface area contributed by atoms with Gasteiger partial charge in [-0.2, -0.15) is 0 Å². The Balaban J connectivity index is 1.44. The summed E-state index contributed by atoms with van der Waals surface area (Å²) >= 11 is 0. The van der Waals surface area contributed by atoms with Crippen LogP contribution in [0.3, 0.4) is 0 Å². The topological polar surface area (TPSA) is 62.7 Å². The SMILES string of the molecule is CCc1cccc(C2(N3CCN(Cc4ccc(OC)cc4)CC3)C(=O)c3ccccc3C2=O)n1. The molecule has 1 aliphatic heterocycles. The summed E-state index contributed by atoms with van der Waals surface area (Å²) in [4.78, 5) is 37.1. The Kier molecular flexibility index (Phi) is 6.02. The van der Waals surface area contributed by atoms with Crippen LogP contribution in [0.15, 0.2) is 66.7 Å². The second-order valence-electron chi connectivity index (χ2n) is 8.89. The first-order valence-corrected chi connectivity index (χ1v) is 11.8. The number of methoxy groups -OCH3 is 1. The van der Waals surface area contributed by atoms with Crippen molar-refractivity contribution in [3.63, 3.8) is 0 Å². The van der Waals surface area contributed by atoms with Crippen molar-refractivity contribution in [2.24, 2.45) is 0 Å². The van der Waals surface area contributed by atoms with Crippen molar-refractivity contribution in [1.29, 1.82) is 0 Å². The summed E-state index contributed by atoms with van der Waals surface area (Å²) < 4.78 is 5.26. The van der Waals surface area contributed by atoms with Crippen LogP contribution in [0.25, 0.3) is 0 Å². The molecule has 174 valence electrons. The van der Waals surface area contributed by atoms with Gasteiger partial charge in [-0.3, -0.25) is 24.4 Å². The van der Waals surface area contributed by atoms with E-state index in [0.29, 0.717) is 29.9 Å². The van der Waals surface area contributed by atoms with E-state index in [4.69, 9.17) is 9.72 Å². The molecule has 2 heterocycles. The van der Waals surface area contributed by atoms with Crippen molar-refractivity contribution in [1.82, 2.24) is 14.8 Å². The number of nitrogens with zero attached hydrogens (tertiary/aromatic N) is 3. The van der Waals surface area contributed by atoms with Gasteiger partial charge in [-0.25, -0.2) is 0 Å². The minimum absolute atomic E-state index is 0.155. The van der Waals surface area contributed by atoms with Gasteiger partial charge in [-0.1, -0.05) is 49.4 Å². The first kappa shape index (κ1) is 22.4. The number of ketones is 2. The zero-order chi connectivity index (χ0) is 23.7. The van der Waals surface area contributed by atoms with Crippen LogP contribution >= 0.6 is 0 Å². The number of hydrogen-bond donors (Lipinski definition) is 0. The van der Waals surface area contributed by atoms with Crippen molar-refractivity contribution in [2.45, 2.75) is 25.4 Å². The Bertz CT molecular complexity index is 1180. The van der Waals surface area contributed by atoms with Crippen molar-refractivity contribution in [3.05, 3.63) is 94.8 Å². The van der Waals surface area contributed by atoms with E-state index in [-0.39, 0.29) is 11.6 Å². The Hall–Kier alpha value is -3.35. The summed E-state index contributed by atoms with van der Waals surface area (Å²) in [5, 5.41) is 0. The molecule has 5 rings (SSSR count). The quantitative estimate of drug-likeness (QED) is 0.528. The van der Waals surface area contributed by atoms with Gasteiger partial charge < -0.3 is 4.74 Å². The fraction of sp³-hybridized carbons (Fsp3) is 0.321. The molecule has 34 heavy (non-hydrogen) atoms. The second-order valence-corrected chi connectivity index (χ2v) is 8.89. The van der Waals surface area contributed by atoms with E-state index in [1.165, 1.54) is 5.56 Å². The fourth-order valence-corrected chi connectivity index (χ4v) is 5.16. The van der Waals surface area contributed by atoms with E-state index in [2.05, 4.69) is 21.9 Å². The van der Waals surface area contributed by atoms with Gasteiger partial charge in [0.15, 0.2) is 17.1 Å². The van der Waals surface area contributed by atoms with Crippen LogP contribution in [0.1, 0.15) is 44.6 Å². The summed E-state index contributed by atoms with van der Waals surface area (Å²) in [6.07, 6.45) is 0.745. The highest BCUT2D eigenvalue weighted by Gasteiger charge is 2.59. The van der Waals surface area contributed by atoms with Gasteiger partial charge >= 0.3 is 0 Å². The molecule has 1 aromatic heterocycles. The highest BCUT2D eigenvalue weighted by molar-refractivity contribution is 6.32. The van der Waals surface area contributed by atoms with Crippen molar-refractivity contribution in [2.75, 3.05) is 33.3 Å². The van der Waals surface area contributed by atoms with Crippen LogP contribution in [0.4, 0.5) is 0 Å². The van der Waals surface area contributed by atoms with E-state index < -0.39 is 5.54 Å². The Morgan fingerprint density at radius 1 is 0.853 bits per heavy atom. The number of carbonyl (C=O) groups excluding carboxylic acids is 2. The third-order valence-electron chi connectivity index (χ3n) is 7.03. The number of Topliss-reactive ketones (excluding diaryl/α,β-unsaturated/α-hetero) is 2. The molecule has 2 aliphatic rings. The molecule has 0 saturated carbocycles. The molecule has 0 amide bonds. The number of fused-ring (bicyclic) bond motifs is 1. The van der Waals surface area contributed by atoms with Crippen LogP contribution in [0.2, 0.25) is 0 Å². The van der Waals surface area contributed by atoms with Crippen molar-refractivity contribution < 1.29 is 14.3 Å². The first-order chi connectivity index (χ1) is 16.6. The standard InChI is InChI=1S/C28H29N3O3/c1-3-21-7-6-10-25(29-21)28(26(32)23-8-4-5-9-24(23)27(28)33)31-17-15-30(16-18-31)19-20-11-13-22(34-2)14-12-20/h4-14H,3,15-19H2,1-2H3. The van der Waals surface area contributed by atoms with E-state index >= 15 is 0 Å². The molecule has 6 heteroatoms. The Morgan fingerprint density at radius 3 is 2.09 bits per heavy atom. The molecule has 3 aromatic rings. The summed E-state index contributed by atoms with van der Waals surface area (Å²) in [6, 6.07) is 21.0. The molecule has 6 nitrogen and oxygen atoms in total. The average Bonchev–Trinajstić information content (AvgIpc) is 3.12. The van der Waals surface area contributed by atoms with Crippen LogP contribution in [-0.2, 0) is 18.5 Å². The molecule has 1 fully saturated rings. The second kappa shape index (κ2) is 9.12. The Labute approximate surface area is 200 Å². The molecule has 1 saturated heterocycles. The van der Waals surface area contributed by atoms with Crippen LogP contribution in [0.5, 0.6) is 5.75 Å².